The van der Waals surface area contributed by atoms with Crippen LogP contribution in [0.3, 0.4) is 0 Å². The molecular formula is C23H40NO2+. The van der Waals surface area contributed by atoms with Crippen LogP contribution in [0.2, 0.25) is 0 Å². The number of carboxylic acids is 1. The standard InChI is InChI=1S/C23H39NO2/c1-3-4-5-6-7-8-9-10-11-15-19-24(2,21-23(25)26)20-18-22-16-13-12-14-17-22/h12-14,16-17H,3-11,15,18-21H2,1-2H3/p+1. The summed E-state index contributed by atoms with van der Waals surface area (Å²) >= 11 is 0. The molecule has 148 valence electrons. The number of carboxylic acid groups (broad SMARTS) is 1. The third-order valence-corrected chi connectivity index (χ3v) is 5.35. The first kappa shape index (κ1) is 22.7. The number of unbranched alkanes of at least 4 members (excludes halogenated alkanes) is 9. The highest BCUT2D eigenvalue weighted by Crippen LogP contribution is 2.13. The second kappa shape index (κ2) is 13.8. The van der Waals surface area contributed by atoms with Crippen LogP contribution in [-0.2, 0) is 11.2 Å². The monoisotopic (exact) mass is 362 g/mol. The molecule has 1 N–H and O–H groups in total. The largest absolute Gasteiger partial charge is 0.477 e. The molecule has 0 spiro atoms. The van der Waals surface area contributed by atoms with E-state index in [0.717, 1.165) is 25.9 Å². The van der Waals surface area contributed by atoms with E-state index in [1.807, 2.05) is 6.07 Å². The molecule has 0 radical (unpaired) electrons. The molecule has 0 saturated heterocycles. The summed E-state index contributed by atoms with van der Waals surface area (Å²) in [6.07, 6.45) is 14.1. The Hall–Kier alpha value is -1.35. The van der Waals surface area contributed by atoms with Gasteiger partial charge in [0.05, 0.1) is 20.1 Å². The molecule has 0 heterocycles. The normalized spacial score (nSPS) is 13.5. The first-order valence-electron chi connectivity index (χ1n) is 10.6. The Balaban J connectivity index is 2.21. The molecular weight excluding hydrogens is 322 g/mol. The average molecular weight is 363 g/mol. The van der Waals surface area contributed by atoms with E-state index in [0.29, 0.717) is 4.48 Å². The summed E-state index contributed by atoms with van der Waals surface area (Å²) in [5, 5.41) is 9.29. The third-order valence-electron chi connectivity index (χ3n) is 5.35. The van der Waals surface area contributed by atoms with Gasteiger partial charge in [0.25, 0.3) is 0 Å². The van der Waals surface area contributed by atoms with Crippen LogP contribution in [0.15, 0.2) is 30.3 Å². The van der Waals surface area contributed by atoms with Gasteiger partial charge >= 0.3 is 5.97 Å². The molecule has 0 saturated carbocycles. The van der Waals surface area contributed by atoms with Gasteiger partial charge in [0, 0.05) is 6.42 Å². The number of aliphatic carboxylic acids is 1. The van der Waals surface area contributed by atoms with Crippen LogP contribution >= 0.6 is 0 Å². The molecule has 0 fully saturated rings. The lowest BCUT2D eigenvalue weighted by Gasteiger charge is -2.33. The van der Waals surface area contributed by atoms with Gasteiger partial charge in [0.15, 0.2) is 6.54 Å². The molecule has 26 heavy (non-hydrogen) atoms. The quantitative estimate of drug-likeness (QED) is 0.303. The molecule has 0 aliphatic heterocycles. The van der Waals surface area contributed by atoms with Gasteiger partial charge in [0.2, 0.25) is 0 Å². The summed E-state index contributed by atoms with van der Waals surface area (Å²) in [6, 6.07) is 10.4. The van der Waals surface area contributed by atoms with Gasteiger partial charge in [-0.05, 0) is 18.4 Å². The maximum atomic E-state index is 11.3. The van der Waals surface area contributed by atoms with E-state index in [9.17, 15) is 9.90 Å². The molecule has 0 aliphatic rings. The summed E-state index contributed by atoms with van der Waals surface area (Å²) in [7, 11) is 2.10. The van der Waals surface area contributed by atoms with Crippen LogP contribution in [-0.4, -0.2) is 42.2 Å². The van der Waals surface area contributed by atoms with Gasteiger partial charge in [-0.1, -0.05) is 88.6 Å². The molecule has 3 heteroatoms. The summed E-state index contributed by atoms with van der Waals surface area (Å²) in [4.78, 5) is 11.3. The number of hydrogen-bond acceptors (Lipinski definition) is 1. The second-order valence-electron chi connectivity index (χ2n) is 8.04. The van der Waals surface area contributed by atoms with Gasteiger partial charge in [-0.2, -0.15) is 0 Å². The van der Waals surface area contributed by atoms with Gasteiger partial charge in [-0.25, -0.2) is 4.79 Å². The minimum absolute atomic E-state index is 0.226. The Labute approximate surface area is 161 Å². The minimum Gasteiger partial charge on any atom is -0.477 e. The molecule has 0 bridgehead atoms. The second-order valence-corrected chi connectivity index (χ2v) is 8.04. The summed E-state index contributed by atoms with van der Waals surface area (Å²) < 4.78 is 0.640. The van der Waals surface area contributed by atoms with E-state index in [-0.39, 0.29) is 6.54 Å². The van der Waals surface area contributed by atoms with Crippen molar-refractivity contribution in [3.05, 3.63) is 35.9 Å². The van der Waals surface area contributed by atoms with Crippen molar-refractivity contribution in [2.75, 3.05) is 26.7 Å². The lowest BCUT2D eigenvalue weighted by atomic mass is 10.1. The fourth-order valence-electron chi connectivity index (χ4n) is 3.62. The van der Waals surface area contributed by atoms with Crippen molar-refractivity contribution in [2.24, 2.45) is 0 Å². The molecule has 1 rings (SSSR count). The van der Waals surface area contributed by atoms with E-state index < -0.39 is 5.97 Å². The Bertz CT molecular complexity index is 474. The number of likely N-dealkylation sites (N-methyl/N-ethyl adjacent to an activating group) is 1. The summed E-state index contributed by atoms with van der Waals surface area (Å²) in [6.45, 7) is 4.35. The smallest absolute Gasteiger partial charge is 0.359 e. The van der Waals surface area contributed by atoms with Gasteiger partial charge in [0.1, 0.15) is 0 Å². The first-order chi connectivity index (χ1) is 12.6. The average Bonchev–Trinajstić information content (AvgIpc) is 2.62. The van der Waals surface area contributed by atoms with Crippen molar-refractivity contribution in [1.29, 1.82) is 0 Å². The third kappa shape index (κ3) is 11.3. The van der Waals surface area contributed by atoms with E-state index in [4.69, 9.17) is 0 Å². The Morgan fingerprint density at radius 2 is 1.38 bits per heavy atom. The van der Waals surface area contributed by atoms with Crippen LogP contribution < -0.4 is 0 Å². The molecule has 0 aliphatic carbocycles. The molecule has 1 unspecified atom stereocenters. The topological polar surface area (TPSA) is 37.3 Å². The van der Waals surface area contributed by atoms with Gasteiger partial charge in [-0.3, -0.25) is 0 Å². The molecule has 1 atom stereocenters. The van der Waals surface area contributed by atoms with E-state index >= 15 is 0 Å². The summed E-state index contributed by atoms with van der Waals surface area (Å²) in [5.41, 5.74) is 1.30. The number of benzene rings is 1. The molecule has 3 nitrogen and oxygen atoms in total. The van der Waals surface area contributed by atoms with Crippen molar-refractivity contribution in [3.8, 4) is 0 Å². The zero-order valence-electron chi connectivity index (χ0n) is 17.1. The molecule has 0 amide bonds. The highest BCUT2D eigenvalue weighted by Gasteiger charge is 2.24. The van der Waals surface area contributed by atoms with E-state index in [1.165, 1.54) is 63.4 Å². The maximum absolute atomic E-state index is 11.3. The van der Waals surface area contributed by atoms with E-state index in [1.54, 1.807) is 0 Å². The fourth-order valence-corrected chi connectivity index (χ4v) is 3.62. The molecule has 0 aromatic heterocycles. The van der Waals surface area contributed by atoms with Gasteiger partial charge < -0.3 is 9.59 Å². The number of hydrogen-bond donors (Lipinski definition) is 1. The highest BCUT2D eigenvalue weighted by atomic mass is 16.4. The van der Waals surface area contributed by atoms with Gasteiger partial charge in [-0.15, -0.1) is 0 Å². The van der Waals surface area contributed by atoms with Crippen LogP contribution in [0, 0.1) is 0 Å². The Morgan fingerprint density at radius 3 is 1.92 bits per heavy atom. The SMILES string of the molecule is CCCCCCCCCCCC[N+](C)(CCc1ccccc1)CC(=O)O. The first-order valence-corrected chi connectivity index (χ1v) is 10.6. The lowest BCUT2D eigenvalue weighted by Crippen LogP contribution is -2.49. The maximum Gasteiger partial charge on any atom is 0.359 e. The van der Waals surface area contributed by atoms with Crippen molar-refractivity contribution in [3.63, 3.8) is 0 Å². The minimum atomic E-state index is -0.687. The highest BCUT2D eigenvalue weighted by molar-refractivity contribution is 5.67. The predicted octanol–water partition coefficient (Wildman–Crippen LogP) is 5.68. The lowest BCUT2D eigenvalue weighted by molar-refractivity contribution is -0.902. The summed E-state index contributed by atoms with van der Waals surface area (Å²) in [5.74, 6) is -0.687. The number of carbonyl (C=O) groups is 1. The predicted molar refractivity (Wildman–Crippen MR) is 110 cm³/mol. The van der Waals surface area contributed by atoms with Crippen molar-refractivity contribution in [1.82, 2.24) is 0 Å². The van der Waals surface area contributed by atoms with Crippen molar-refractivity contribution < 1.29 is 14.4 Å². The zero-order chi connectivity index (χ0) is 19.1. The molecule has 1 aromatic rings. The van der Waals surface area contributed by atoms with Crippen LogP contribution in [0.1, 0.15) is 76.7 Å². The Kier molecular flexibility index (Phi) is 12.0. The van der Waals surface area contributed by atoms with Crippen LogP contribution in [0.4, 0.5) is 0 Å². The number of rotatable bonds is 16. The molecule has 1 aromatic carbocycles. The fraction of sp³-hybridized carbons (Fsp3) is 0.696. The zero-order valence-corrected chi connectivity index (χ0v) is 17.1. The van der Waals surface area contributed by atoms with Crippen molar-refractivity contribution in [2.45, 2.75) is 77.6 Å². The van der Waals surface area contributed by atoms with Crippen molar-refractivity contribution >= 4 is 5.97 Å². The number of nitrogens with zero attached hydrogens (tertiary/aromatic N) is 1. The van der Waals surface area contributed by atoms with Crippen LogP contribution in [0.5, 0.6) is 0 Å². The Morgan fingerprint density at radius 1 is 0.846 bits per heavy atom. The van der Waals surface area contributed by atoms with E-state index in [2.05, 4.69) is 38.2 Å². The van der Waals surface area contributed by atoms with Crippen LogP contribution in [0.25, 0.3) is 0 Å². The number of quaternary nitrogens is 1.